The van der Waals surface area contributed by atoms with Crippen LogP contribution in [0.4, 0.5) is 5.13 Å². The minimum absolute atomic E-state index is 0.197. The van der Waals surface area contributed by atoms with Gasteiger partial charge in [0.2, 0.25) is 0 Å². The number of hydrogen-bond donors (Lipinski definition) is 1. The van der Waals surface area contributed by atoms with E-state index in [4.69, 9.17) is 9.47 Å². The van der Waals surface area contributed by atoms with Gasteiger partial charge in [0.05, 0.1) is 19.9 Å². The van der Waals surface area contributed by atoms with Crippen molar-refractivity contribution in [1.29, 1.82) is 0 Å². The van der Waals surface area contributed by atoms with Crippen LogP contribution >= 0.6 is 11.3 Å². The molecule has 6 heteroatoms. The van der Waals surface area contributed by atoms with Gasteiger partial charge in [0.15, 0.2) is 5.13 Å². The average Bonchev–Trinajstić information content (AvgIpc) is 3.02. The van der Waals surface area contributed by atoms with Gasteiger partial charge in [-0.25, -0.2) is 4.98 Å². The van der Waals surface area contributed by atoms with Crippen LogP contribution in [-0.2, 0) is 0 Å². The van der Waals surface area contributed by atoms with Crippen LogP contribution in [0.5, 0.6) is 11.5 Å². The van der Waals surface area contributed by atoms with E-state index >= 15 is 0 Å². The molecular formula is C19H18N2O3S. The Bertz CT molecular complexity index is 871. The molecule has 2 aromatic carbocycles. The lowest BCUT2D eigenvalue weighted by Crippen LogP contribution is -2.11. The molecule has 5 nitrogen and oxygen atoms in total. The second kappa shape index (κ2) is 7.36. The van der Waals surface area contributed by atoms with E-state index in [1.165, 1.54) is 11.3 Å². The Morgan fingerprint density at radius 2 is 1.52 bits per heavy atom. The van der Waals surface area contributed by atoms with Crippen molar-refractivity contribution in [2.24, 2.45) is 0 Å². The quantitative estimate of drug-likeness (QED) is 0.738. The molecule has 3 rings (SSSR count). The summed E-state index contributed by atoms with van der Waals surface area (Å²) in [4.78, 5) is 17.9. The van der Waals surface area contributed by atoms with Gasteiger partial charge in [-0.3, -0.25) is 10.1 Å². The highest BCUT2D eigenvalue weighted by Crippen LogP contribution is 2.31. The van der Waals surface area contributed by atoms with Crippen LogP contribution in [0, 0.1) is 6.92 Å². The molecule has 128 valence electrons. The molecule has 25 heavy (non-hydrogen) atoms. The molecule has 1 heterocycles. The van der Waals surface area contributed by atoms with Gasteiger partial charge in [0, 0.05) is 16.0 Å². The van der Waals surface area contributed by atoms with Gasteiger partial charge in [0.25, 0.3) is 5.91 Å². The fraction of sp³-hybridized carbons (Fsp3) is 0.158. The van der Waals surface area contributed by atoms with Gasteiger partial charge in [-0.2, -0.15) is 0 Å². The van der Waals surface area contributed by atoms with E-state index in [0.29, 0.717) is 16.4 Å². The van der Waals surface area contributed by atoms with Crippen molar-refractivity contribution in [3.8, 4) is 22.8 Å². The molecule has 0 aliphatic carbocycles. The molecule has 0 aliphatic heterocycles. The first-order chi connectivity index (χ1) is 12.1. The van der Waals surface area contributed by atoms with Crippen LogP contribution in [0.25, 0.3) is 11.3 Å². The summed E-state index contributed by atoms with van der Waals surface area (Å²) in [5.41, 5.74) is 2.40. The maximum atomic E-state index is 12.4. The number of thiazole rings is 1. The summed E-state index contributed by atoms with van der Waals surface area (Å²) in [5.74, 6) is 1.31. The summed E-state index contributed by atoms with van der Waals surface area (Å²) in [6.45, 7) is 1.99. The molecule has 0 saturated heterocycles. The average molecular weight is 354 g/mol. The number of aromatic nitrogens is 1. The first kappa shape index (κ1) is 17.0. The second-order valence-electron chi connectivity index (χ2n) is 5.33. The number of nitrogens with one attached hydrogen (secondary N) is 1. The Balaban J connectivity index is 1.78. The van der Waals surface area contributed by atoms with Gasteiger partial charge in [0.1, 0.15) is 11.5 Å². The molecule has 1 amide bonds. The fourth-order valence-electron chi connectivity index (χ4n) is 2.38. The van der Waals surface area contributed by atoms with E-state index in [9.17, 15) is 4.79 Å². The summed E-state index contributed by atoms with van der Waals surface area (Å²) < 4.78 is 10.3. The smallest absolute Gasteiger partial charge is 0.257 e. The zero-order valence-corrected chi connectivity index (χ0v) is 15.0. The molecular weight excluding hydrogens is 336 g/mol. The van der Waals surface area contributed by atoms with Gasteiger partial charge in [-0.05, 0) is 55.5 Å². The maximum Gasteiger partial charge on any atom is 0.257 e. The second-order valence-corrected chi connectivity index (χ2v) is 6.54. The highest BCUT2D eigenvalue weighted by Gasteiger charge is 2.13. The standard InChI is InChI=1S/C19H18N2O3S/c1-12-17(13-4-8-15(23-2)9-5-13)20-19(25-12)21-18(22)14-6-10-16(24-3)11-7-14/h4-11H,1-3H3,(H,20,21,22). The first-order valence-electron chi connectivity index (χ1n) is 7.68. The topological polar surface area (TPSA) is 60.5 Å². The van der Waals surface area contributed by atoms with Crippen LogP contribution in [0.3, 0.4) is 0 Å². The monoisotopic (exact) mass is 354 g/mol. The summed E-state index contributed by atoms with van der Waals surface area (Å²) >= 11 is 1.45. The lowest BCUT2D eigenvalue weighted by molar-refractivity contribution is 0.102. The molecule has 0 atom stereocenters. The van der Waals surface area contributed by atoms with Crippen molar-refractivity contribution in [2.75, 3.05) is 19.5 Å². The van der Waals surface area contributed by atoms with Crippen LogP contribution in [-0.4, -0.2) is 25.1 Å². The van der Waals surface area contributed by atoms with E-state index in [0.717, 1.165) is 21.9 Å². The van der Waals surface area contributed by atoms with E-state index < -0.39 is 0 Å². The van der Waals surface area contributed by atoms with Crippen molar-refractivity contribution >= 4 is 22.4 Å². The molecule has 0 radical (unpaired) electrons. The summed E-state index contributed by atoms with van der Waals surface area (Å²) in [5, 5.41) is 3.43. The first-order valence-corrected chi connectivity index (χ1v) is 8.49. The van der Waals surface area contributed by atoms with Crippen LogP contribution < -0.4 is 14.8 Å². The molecule has 0 fully saturated rings. The number of hydrogen-bond acceptors (Lipinski definition) is 5. The Hall–Kier alpha value is -2.86. The third-order valence-electron chi connectivity index (χ3n) is 3.73. The minimum Gasteiger partial charge on any atom is -0.497 e. The minimum atomic E-state index is -0.197. The Labute approximate surface area is 150 Å². The number of ether oxygens (including phenoxy) is 2. The van der Waals surface area contributed by atoms with Gasteiger partial charge in [-0.15, -0.1) is 11.3 Å². The zero-order valence-electron chi connectivity index (χ0n) is 14.2. The number of benzene rings is 2. The number of carbonyl (C=O) groups is 1. The van der Waals surface area contributed by atoms with Crippen molar-refractivity contribution in [3.05, 3.63) is 59.0 Å². The molecule has 0 aliphatic rings. The number of methoxy groups -OCH3 is 2. The van der Waals surface area contributed by atoms with E-state index in [2.05, 4.69) is 10.3 Å². The predicted molar refractivity (Wildman–Crippen MR) is 99.8 cm³/mol. The summed E-state index contributed by atoms with van der Waals surface area (Å²) in [6.07, 6.45) is 0. The summed E-state index contributed by atoms with van der Waals surface area (Å²) in [6, 6.07) is 14.6. The van der Waals surface area contributed by atoms with Crippen molar-refractivity contribution < 1.29 is 14.3 Å². The van der Waals surface area contributed by atoms with Crippen molar-refractivity contribution in [2.45, 2.75) is 6.92 Å². The molecule has 1 aromatic heterocycles. The lowest BCUT2D eigenvalue weighted by atomic mass is 10.1. The largest absolute Gasteiger partial charge is 0.497 e. The van der Waals surface area contributed by atoms with Gasteiger partial charge < -0.3 is 9.47 Å². The predicted octanol–water partition coefficient (Wildman–Crippen LogP) is 4.39. The number of aryl methyl sites for hydroxylation is 1. The molecule has 0 saturated carbocycles. The van der Waals surface area contributed by atoms with Crippen LogP contribution in [0.1, 0.15) is 15.2 Å². The normalized spacial score (nSPS) is 10.4. The lowest BCUT2D eigenvalue weighted by Gasteiger charge is -2.03. The zero-order chi connectivity index (χ0) is 17.8. The fourth-order valence-corrected chi connectivity index (χ4v) is 3.21. The third kappa shape index (κ3) is 3.80. The molecule has 3 aromatic rings. The molecule has 0 spiro atoms. The number of carbonyl (C=O) groups excluding carboxylic acids is 1. The number of rotatable bonds is 5. The maximum absolute atomic E-state index is 12.4. The molecule has 0 bridgehead atoms. The molecule has 1 N–H and O–H groups in total. The third-order valence-corrected chi connectivity index (χ3v) is 4.62. The van der Waals surface area contributed by atoms with Crippen molar-refractivity contribution in [3.63, 3.8) is 0 Å². The number of nitrogens with zero attached hydrogens (tertiary/aromatic N) is 1. The number of amides is 1. The van der Waals surface area contributed by atoms with Gasteiger partial charge in [-0.1, -0.05) is 0 Å². The highest BCUT2D eigenvalue weighted by molar-refractivity contribution is 7.16. The van der Waals surface area contributed by atoms with Gasteiger partial charge >= 0.3 is 0 Å². The molecule has 0 unspecified atom stereocenters. The van der Waals surface area contributed by atoms with Crippen LogP contribution in [0.15, 0.2) is 48.5 Å². The van der Waals surface area contributed by atoms with E-state index in [1.54, 1.807) is 38.5 Å². The Morgan fingerprint density at radius 3 is 2.08 bits per heavy atom. The van der Waals surface area contributed by atoms with E-state index in [1.807, 2.05) is 31.2 Å². The Morgan fingerprint density at radius 1 is 0.960 bits per heavy atom. The highest BCUT2D eigenvalue weighted by atomic mass is 32.1. The van der Waals surface area contributed by atoms with Crippen LogP contribution in [0.2, 0.25) is 0 Å². The SMILES string of the molecule is COc1ccc(C(=O)Nc2nc(-c3ccc(OC)cc3)c(C)s2)cc1. The van der Waals surface area contributed by atoms with E-state index in [-0.39, 0.29) is 5.91 Å². The Kier molecular flexibility index (Phi) is 5.00. The van der Waals surface area contributed by atoms with Crippen molar-refractivity contribution in [1.82, 2.24) is 4.98 Å². The number of anilines is 1. The summed E-state index contributed by atoms with van der Waals surface area (Å²) in [7, 11) is 3.23.